The summed E-state index contributed by atoms with van der Waals surface area (Å²) in [5.74, 6) is 0.579. The minimum absolute atomic E-state index is 0.227. The minimum Gasteiger partial charge on any atom is -0.494 e. The summed E-state index contributed by atoms with van der Waals surface area (Å²) in [5, 5.41) is 10.6. The number of rotatable bonds is 6. The molecule has 3 aromatic rings. The van der Waals surface area contributed by atoms with E-state index in [4.69, 9.17) is 4.74 Å². The highest BCUT2D eigenvalue weighted by molar-refractivity contribution is 5.92. The zero-order valence-electron chi connectivity index (χ0n) is 14.2. The lowest BCUT2D eigenvalue weighted by atomic mass is 9.98. The van der Waals surface area contributed by atoms with E-state index in [1.807, 2.05) is 61.5 Å². The summed E-state index contributed by atoms with van der Waals surface area (Å²) in [6.45, 7) is 2.56. The van der Waals surface area contributed by atoms with Gasteiger partial charge in [0.2, 0.25) is 0 Å². The van der Waals surface area contributed by atoms with E-state index in [1.54, 1.807) is 7.05 Å². The molecule has 128 valence electrons. The molecule has 3 rings (SSSR count). The summed E-state index contributed by atoms with van der Waals surface area (Å²) in [6, 6.07) is 17.3. The van der Waals surface area contributed by atoms with Gasteiger partial charge in [-0.3, -0.25) is 4.79 Å². The Kier molecular flexibility index (Phi) is 5.09. The van der Waals surface area contributed by atoms with Crippen molar-refractivity contribution in [3.8, 4) is 5.75 Å². The van der Waals surface area contributed by atoms with Gasteiger partial charge in [0.1, 0.15) is 11.4 Å². The number of benzene rings is 2. The second-order valence-electron chi connectivity index (χ2n) is 5.56. The molecule has 6 heteroatoms. The van der Waals surface area contributed by atoms with Gasteiger partial charge in [0.05, 0.1) is 18.8 Å². The summed E-state index contributed by atoms with van der Waals surface area (Å²) in [5.41, 5.74) is 2.38. The molecule has 0 aliphatic heterocycles. The van der Waals surface area contributed by atoms with Gasteiger partial charge in [-0.05, 0) is 30.2 Å². The Hall–Kier alpha value is -3.15. The first-order chi connectivity index (χ1) is 12.2. The maximum absolute atomic E-state index is 12.6. The van der Waals surface area contributed by atoms with Gasteiger partial charge in [-0.1, -0.05) is 47.7 Å². The Morgan fingerprint density at radius 1 is 1.12 bits per heavy atom. The van der Waals surface area contributed by atoms with Crippen LogP contribution in [-0.2, 0) is 7.05 Å². The van der Waals surface area contributed by atoms with E-state index in [2.05, 4.69) is 15.6 Å². The minimum atomic E-state index is -0.278. The highest BCUT2D eigenvalue weighted by atomic mass is 16.5. The molecule has 0 spiro atoms. The van der Waals surface area contributed by atoms with E-state index < -0.39 is 0 Å². The first kappa shape index (κ1) is 16.7. The van der Waals surface area contributed by atoms with Gasteiger partial charge in [-0.15, -0.1) is 5.10 Å². The van der Waals surface area contributed by atoms with E-state index in [1.165, 1.54) is 10.9 Å². The fourth-order valence-corrected chi connectivity index (χ4v) is 2.63. The van der Waals surface area contributed by atoms with Crippen LogP contribution in [0, 0.1) is 0 Å². The molecule has 1 amide bonds. The van der Waals surface area contributed by atoms with E-state index in [9.17, 15) is 4.79 Å². The SMILES string of the molecule is CCOc1ccc(C(NC(=O)c2cnnn2C)c2ccccc2)cc1. The van der Waals surface area contributed by atoms with Crippen molar-refractivity contribution in [1.29, 1.82) is 0 Å². The third-order valence-corrected chi connectivity index (χ3v) is 3.88. The molecular formula is C19H20N4O2. The second kappa shape index (κ2) is 7.61. The monoisotopic (exact) mass is 336 g/mol. The lowest BCUT2D eigenvalue weighted by Gasteiger charge is -2.20. The van der Waals surface area contributed by atoms with Crippen LogP contribution >= 0.6 is 0 Å². The van der Waals surface area contributed by atoms with Gasteiger partial charge >= 0.3 is 0 Å². The van der Waals surface area contributed by atoms with Crippen LogP contribution in [0.4, 0.5) is 0 Å². The van der Waals surface area contributed by atoms with Crippen molar-refractivity contribution >= 4 is 5.91 Å². The fraction of sp³-hybridized carbons (Fsp3) is 0.211. The molecule has 25 heavy (non-hydrogen) atoms. The molecule has 0 bridgehead atoms. The Morgan fingerprint density at radius 3 is 2.40 bits per heavy atom. The molecule has 0 aliphatic carbocycles. The van der Waals surface area contributed by atoms with Crippen molar-refractivity contribution in [2.45, 2.75) is 13.0 Å². The number of nitrogens with one attached hydrogen (secondary N) is 1. The number of amides is 1. The van der Waals surface area contributed by atoms with Gasteiger partial charge in [-0.25, -0.2) is 4.68 Å². The Balaban J connectivity index is 1.90. The van der Waals surface area contributed by atoms with Crippen molar-refractivity contribution in [3.05, 3.63) is 77.6 Å². The first-order valence-electron chi connectivity index (χ1n) is 8.12. The first-order valence-corrected chi connectivity index (χ1v) is 8.12. The van der Waals surface area contributed by atoms with E-state index >= 15 is 0 Å². The average molecular weight is 336 g/mol. The standard InChI is InChI=1S/C19H20N4O2/c1-3-25-16-11-9-15(10-12-16)18(14-7-5-4-6-8-14)21-19(24)17-13-20-22-23(17)2/h4-13,18H,3H2,1-2H3,(H,21,24). The number of hydrogen-bond donors (Lipinski definition) is 1. The lowest BCUT2D eigenvalue weighted by molar-refractivity contribution is 0.0933. The zero-order valence-corrected chi connectivity index (χ0v) is 14.2. The Labute approximate surface area is 146 Å². The number of hydrogen-bond acceptors (Lipinski definition) is 4. The molecule has 1 unspecified atom stereocenters. The van der Waals surface area contributed by atoms with Gasteiger partial charge in [0.15, 0.2) is 0 Å². The summed E-state index contributed by atoms with van der Waals surface area (Å²) in [4.78, 5) is 12.6. The largest absolute Gasteiger partial charge is 0.494 e. The van der Waals surface area contributed by atoms with E-state index in [-0.39, 0.29) is 11.9 Å². The van der Waals surface area contributed by atoms with Crippen LogP contribution in [0.5, 0.6) is 5.75 Å². The van der Waals surface area contributed by atoms with Crippen LogP contribution in [0.25, 0.3) is 0 Å². The molecule has 6 nitrogen and oxygen atoms in total. The molecule has 1 N–H and O–H groups in total. The topological polar surface area (TPSA) is 69.0 Å². The number of carbonyl (C=O) groups is 1. The second-order valence-corrected chi connectivity index (χ2v) is 5.56. The zero-order chi connectivity index (χ0) is 17.6. The average Bonchev–Trinajstić information content (AvgIpc) is 3.07. The normalized spacial score (nSPS) is 11.8. The van der Waals surface area contributed by atoms with Crippen LogP contribution < -0.4 is 10.1 Å². The van der Waals surface area contributed by atoms with Crippen molar-refractivity contribution in [1.82, 2.24) is 20.3 Å². The van der Waals surface area contributed by atoms with Crippen LogP contribution in [0.1, 0.15) is 34.6 Å². The molecule has 1 heterocycles. The highest BCUT2D eigenvalue weighted by Crippen LogP contribution is 2.24. The van der Waals surface area contributed by atoms with E-state index in [0.29, 0.717) is 12.3 Å². The van der Waals surface area contributed by atoms with Gasteiger partial charge in [0, 0.05) is 7.05 Å². The third-order valence-electron chi connectivity index (χ3n) is 3.88. The number of carbonyl (C=O) groups excluding carboxylic acids is 1. The van der Waals surface area contributed by atoms with Gasteiger partial charge in [0.25, 0.3) is 5.91 Å². The molecule has 0 fully saturated rings. The number of aryl methyl sites for hydroxylation is 1. The Bertz CT molecular complexity index is 828. The van der Waals surface area contributed by atoms with Crippen LogP contribution in [0.2, 0.25) is 0 Å². The lowest BCUT2D eigenvalue weighted by Crippen LogP contribution is -2.30. The smallest absolute Gasteiger partial charge is 0.271 e. The molecular weight excluding hydrogens is 316 g/mol. The van der Waals surface area contributed by atoms with E-state index in [0.717, 1.165) is 16.9 Å². The molecule has 1 aromatic heterocycles. The fourth-order valence-electron chi connectivity index (χ4n) is 2.63. The van der Waals surface area contributed by atoms with Crippen molar-refractivity contribution in [2.24, 2.45) is 7.05 Å². The molecule has 0 saturated heterocycles. The number of aromatic nitrogens is 3. The highest BCUT2D eigenvalue weighted by Gasteiger charge is 2.20. The summed E-state index contributed by atoms with van der Waals surface area (Å²) in [6.07, 6.45) is 1.45. The third kappa shape index (κ3) is 3.85. The van der Waals surface area contributed by atoms with Crippen molar-refractivity contribution in [3.63, 3.8) is 0 Å². The summed E-state index contributed by atoms with van der Waals surface area (Å²) in [7, 11) is 1.69. The van der Waals surface area contributed by atoms with Crippen LogP contribution in [0.3, 0.4) is 0 Å². The van der Waals surface area contributed by atoms with Crippen molar-refractivity contribution in [2.75, 3.05) is 6.61 Å². The molecule has 0 saturated carbocycles. The van der Waals surface area contributed by atoms with Gasteiger partial charge < -0.3 is 10.1 Å². The molecule has 1 atom stereocenters. The number of ether oxygens (including phenoxy) is 1. The number of nitrogens with zero attached hydrogens (tertiary/aromatic N) is 3. The molecule has 2 aromatic carbocycles. The summed E-state index contributed by atoms with van der Waals surface area (Å²) >= 11 is 0. The predicted molar refractivity (Wildman–Crippen MR) is 94.4 cm³/mol. The predicted octanol–water partition coefficient (Wildman–Crippen LogP) is 2.73. The quantitative estimate of drug-likeness (QED) is 0.751. The maximum Gasteiger partial charge on any atom is 0.271 e. The Morgan fingerprint density at radius 2 is 1.80 bits per heavy atom. The van der Waals surface area contributed by atoms with Crippen molar-refractivity contribution < 1.29 is 9.53 Å². The maximum atomic E-state index is 12.6. The molecule has 0 radical (unpaired) electrons. The van der Waals surface area contributed by atoms with Crippen LogP contribution in [-0.4, -0.2) is 27.5 Å². The van der Waals surface area contributed by atoms with Gasteiger partial charge in [-0.2, -0.15) is 0 Å². The summed E-state index contributed by atoms with van der Waals surface area (Å²) < 4.78 is 6.95. The van der Waals surface area contributed by atoms with Crippen LogP contribution in [0.15, 0.2) is 60.8 Å². The molecule has 0 aliphatic rings.